The number of aromatic nitrogens is 1. The molecule has 1 aromatic heterocycles. The van der Waals surface area contributed by atoms with Crippen molar-refractivity contribution in [1.29, 1.82) is 0 Å². The molecule has 0 bridgehead atoms. The van der Waals surface area contributed by atoms with Crippen LogP contribution in [-0.4, -0.2) is 17.4 Å². The SMILES string of the molecule is CC1CC(CN)(C(=O)NCc2ccncc2)C1. The molecular formula is C13H19N3O. The minimum absolute atomic E-state index is 0.0925. The first-order valence-corrected chi connectivity index (χ1v) is 6.03. The highest BCUT2D eigenvalue weighted by atomic mass is 16.2. The Morgan fingerprint density at radius 2 is 2.18 bits per heavy atom. The number of carbonyl (C=O) groups is 1. The van der Waals surface area contributed by atoms with Crippen molar-refractivity contribution >= 4 is 5.91 Å². The fourth-order valence-corrected chi connectivity index (χ4v) is 2.59. The van der Waals surface area contributed by atoms with Crippen molar-refractivity contribution in [3.8, 4) is 0 Å². The van der Waals surface area contributed by atoms with Gasteiger partial charge < -0.3 is 11.1 Å². The van der Waals surface area contributed by atoms with Crippen LogP contribution in [0.15, 0.2) is 24.5 Å². The van der Waals surface area contributed by atoms with E-state index in [0.29, 0.717) is 19.0 Å². The summed E-state index contributed by atoms with van der Waals surface area (Å²) in [4.78, 5) is 16.0. The minimum atomic E-state index is -0.313. The van der Waals surface area contributed by atoms with Crippen molar-refractivity contribution in [3.63, 3.8) is 0 Å². The van der Waals surface area contributed by atoms with E-state index in [1.807, 2.05) is 12.1 Å². The zero-order valence-corrected chi connectivity index (χ0v) is 10.1. The zero-order chi connectivity index (χ0) is 12.3. The number of nitrogens with one attached hydrogen (secondary N) is 1. The van der Waals surface area contributed by atoms with E-state index in [-0.39, 0.29) is 11.3 Å². The lowest BCUT2D eigenvalue weighted by atomic mass is 9.62. The van der Waals surface area contributed by atoms with Gasteiger partial charge >= 0.3 is 0 Å². The van der Waals surface area contributed by atoms with Gasteiger partial charge in [0.05, 0.1) is 5.41 Å². The van der Waals surface area contributed by atoms with Crippen molar-refractivity contribution in [3.05, 3.63) is 30.1 Å². The van der Waals surface area contributed by atoms with E-state index in [1.54, 1.807) is 12.4 Å². The van der Waals surface area contributed by atoms with Gasteiger partial charge in [-0.15, -0.1) is 0 Å². The van der Waals surface area contributed by atoms with Crippen LogP contribution in [-0.2, 0) is 11.3 Å². The first-order chi connectivity index (χ1) is 8.16. The molecule has 0 unspecified atom stereocenters. The molecule has 1 amide bonds. The van der Waals surface area contributed by atoms with Crippen LogP contribution in [0.4, 0.5) is 0 Å². The molecule has 2 rings (SSSR count). The largest absolute Gasteiger partial charge is 0.352 e. The van der Waals surface area contributed by atoms with Gasteiger partial charge in [-0.2, -0.15) is 0 Å². The molecule has 1 aliphatic rings. The van der Waals surface area contributed by atoms with Crippen molar-refractivity contribution in [2.75, 3.05) is 6.54 Å². The van der Waals surface area contributed by atoms with Crippen molar-refractivity contribution in [2.45, 2.75) is 26.3 Å². The standard InChI is InChI=1S/C13H19N3O/c1-10-6-13(7-10,9-14)12(17)16-8-11-2-4-15-5-3-11/h2-5,10H,6-9,14H2,1H3,(H,16,17). The average molecular weight is 233 g/mol. The zero-order valence-electron chi connectivity index (χ0n) is 10.1. The topological polar surface area (TPSA) is 68.0 Å². The smallest absolute Gasteiger partial charge is 0.227 e. The van der Waals surface area contributed by atoms with Gasteiger partial charge in [0.25, 0.3) is 0 Å². The van der Waals surface area contributed by atoms with E-state index in [1.165, 1.54) is 0 Å². The number of nitrogens with two attached hydrogens (primary N) is 1. The molecule has 0 saturated heterocycles. The lowest BCUT2D eigenvalue weighted by Crippen LogP contribution is -2.53. The maximum absolute atomic E-state index is 12.1. The second kappa shape index (κ2) is 4.84. The Morgan fingerprint density at radius 1 is 1.53 bits per heavy atom. The molecule has 1 saturated carbocycles. The molecule has 1 aromatic rings. The average Bonchev–Trinajstić information content (AvgIpc) is 2.33. The van der Waals surface area contributed by atoms with Gasteiger partial charge in [-0.3, -0.25) is 9.78 Å². The summed E-state index contributed by atoms with van der Waals surface area (Å²) in [5.41, 5.74) is 6.48. The minimum Gasteiger partial charge on any atom is -0.352 e. The molecular weight excluding hydrogens is 214 g/mol. The second-order valence-corrected chi connectivity index (χ2v) is 5.04. The fourth-order valence-electron chi connectivity index (χ4n) is 2.59. The van der Waals surface area contributed by atoms with Crippen molar-refractivity contribution in [1.82, 2.24) is 10.3 Å². The molecule has 0 atom stereocenters. The molecule has 3 N–H and O–H groups in total. The summed E-state index contributed by atoms with van der Waals surface area (Å²) in [6, 6.07) is 3.80. The molecule has 1 aliphatic carbocycles. The van der Waals surface area contributed by atoms with Gasteiger partial charge in [0.1, 0.15) is 0 Å². The van der Waals surface area contributed by atoms with Crippen LogP contribution in [0.3, 0.4) is 0 Å². The Bertz CT molecular complexity index is 385. The van der Waals surface area contributed by atoms with Crippen LogP contribution in [0.25, 0.3) is 0 Å². The lowest BCUT2D eigenvalue weighted by molar-refractivity contribution is -0.138. The lowest BCUT2D eigenvalue weighted by Gasteiger charge is -2.44. The summed E-state index contributed by atoms with van der Waals surface area (Å²) in [6.45, 7) is 3.15. The fraction of sp³-hybridized carbons (Fsp3) is 0.538. The third-order valence-corrected chi connectivity index (χ3v) is 3.55. The molecule has 1 fully saturated rings. The molecule has 4 heteroatoms. The number of nitrogens with zero attached hydrogens (tertiary/aromatic N) is 1. The number of amides is 1. The molecule has 4 nitrogen and oxygen atoms in total. The van der Waals surface area contributed by atoms with Crippen LogP contribution < -0.4 is 11.1 Å². The number of rotatable bonds is 4. The first-order valence-electron chi connectivity index (χ1n) is 6.03. The quantitative estimate of drug-likeness (QED) is 0.817. The second-order valence-electron chi connectivity index (χ2n) is 5.04. The Balaban J connectivity index is 1.89. The van der Waals surface area contributed by atoms with E-state index in [4.69, 9.17) is 5.73 Å². The van der Waals surface area contributed by atoms with Gasteiger partial charge in [-0.1, -0.05) is 6.92 Å². The monoisotopic (exact) mass is 233 g/mol. The van der Waals surface area contributed by atoms with E-state index in [2.05, 4.69) is 17.2 Å². The maximum atomic E-state index is 12.1. The van der Waals surface area contributed by atoms with Gasteiger partial charge in [-0.05, 0) is 36.5 Å². The Labute approximate surface area is 102 Å². The summed E-state index contributed by atoms with van der Waals surface area (Å²) in [5, 5.41) is 2.97. The number of carbonyl (C=O) groups excluding carboxylic acids is 1. The molecule has 1 heterocycles. The van der Waals surface area contributed by atoms with E-state index in [9.17, 15) is 4.79 Å². The number of pyridine rings is 1. The van der Waals surface area contributed by atoms with Gasteiger partial charge in [0.2, 0.25) is 5.91 Å². The van der Waals surface area contributed by atoms with E-state index in [0.717, 1.165) is 18.4 Å². The van der Waals surface area contributed by atoms with Gasteiger partial charge in [0.15, 0.2) is 0 Å². The summed E-state index contributed by atoms with van der Waals surface area (Å²) in [6.07, 6.45) is 5.27. The summed E-state index contributed by atoms with van der Waals surface area (Å²) in [7, 11) is 0. The summed E-state index contributed by atoms with van der Waals surface area (Å²) < 4.78 is 0. The maximum Gasteiger partial charge on any atom is 0.227 e. The predicted molar refractivity (Wildman–Crippen MR) is 66.0 cm³/mol. The van der Waals surface area contributed by atoms with Crippen molar-refractivity contribution in [2.24, 2.45) is 17.1 Å². The molecule has 0 radical (unpaired) electrons. The first kappa shape index (κ1) is 12.0. The molecule has 0 spiro atoms. The van der Waals surface area contributed by atoms with Crippen molar-refractivity contribution < 1.29 is 4.79 Å². The Morgan fingerprint density at radius 3 is 2.71 bits per heavy atom. The van der Waals surface area contributed by atoms with Crippen LogP contribution in [0.1, 0.15) is 25.3 Å². The summed E-state index contributed by atoms with van der Waals surface area (Å²) >= 11 is 0. The third kappa shape index (κ3) is 2.47. The highest BCUT2D eigenvalue weighted by Gasteiger charge is 2.46. The third-order valence-electron chi connectivity index (χ3n) is 3.55. The van der Waals surface area contributed by atoms with E-state index >= 15 is 0 Å². The molecule has 92 valence electrons. The summed E-state index contributed by atoms with van der Waals surface area (Å²) in [5.74, 6) is 0.708. The Hall–Kier alpha value is -1.42. The highest BCUT2D eigenvalue weighted by Crippen LogP contribution is 2.44. The Kier molecular flexibility index (Phi) is 3.43. The molecule has 17 heavy (non-hydrogen) atoms. The van der Waals surface area contributed by atoms with Crippen LogP contribution in [0.2, 0.25) is 0 Å². The number of hydrogen-bond donors (Lipinski definition) is 2. The van der Waals surface area contributed by atoms with Crippen LogP contribution >= 0.6 is 0 Å². The molecule has 0 aromatic carbocycles. The normalized spacial score (nSPS) is 27.3. The molecule has 0 aliphatic heterocycles. The predicted octanol–water partition coefficient (Wildman–Crippen LogP) is 1.07. The number of hydrogen-bond acceptors (Lipinski definition) is 3. The van der Waals surface area contributed by atoms with E-state index < -0.39 is 0 Å². The van der Waals surface area contributed by atoms with Crippen LogP contribution in [0.5, 0.6) is 0 Å². The highest BCUT2D eigenvalue weighted by molar-refractivity contribution is 5.83. The van der Waals surface area contributed by atoms with Gasteiger partial charge in [-0.25, -0.2) is 0 Å². The van der Waals surface area contributed by atoms with Gasteiger partial charge in [0, 0.05) is 25.5 Å². The van der Waals surface area contributed by atoms with Crippen LogP contribution in [0, 0.1) is 11.3 Å².